The average molecular weight is 494 g/mol. The number of benzene rings is 2. The lowest BCUT2D eigenvalue weighted by Gasteiger charge is -2.21. The molecule has 1 aliphatic rings. The molecule has 0 heterocycles. The number of nitrogens with one attached hydrogen (secondary N) is 2. The van der Waals surface area contributed by atoms with Gasteiger partial charge in [-0.05, 0) is 87.1 Å². The Hall–Kier alpha value is -2.27. The monoisotopic (exact) mass is 493 g/mol. The van der Waals surface area contributed by atoms with Crippen LogP contribution in [0.4, 0.5) is 5.69 Å². The fraction of sp³-hybridized carbons (Fsp3) is 0.435. The Morgan fingerprint density at radius 2 is 1.55 bits per heavy atom. The van der Waals surface area contributed by atoms with Gasteiger partial charge in [0.1, 0.15) is 0 Å². The maximum absolute atomic E-state index is 12.6. The molecule has 0 spiro atoms. The van der Waals surface area contributed by atoms with Gasteiger partial charge in [-0.1, -0.05) is 6.07 Å². The number of amides is 1. The van der Waals surface area contributed by atoms with Gasteiger partial charge in [0.2, 0.25) is 26.0 Å². The number of hydrogen-bond acceptors (Lipinski definition) is 5. The lowest BCUT2D eigenvalue weighted by molar-refractivity contribution is -0.116. The Bertz CT molecular complexity index is 1210. The second-order valence-electron chi connectivity index (χ2n) is 8.47. The van der Waals surface area contributed by atoms with Crippen LogP contribution < -0.4 is 10.0 Å². The number of carbonyl (C=O) groups is 1. The van der Waals surface area contributed by atoms with Gasteiger partial charge in [0.05, 0.1) is 9.79 Å². The van der Waals surface area contributed by atoms with Crippen LogP contribution in [0.25, 0.3) is 0 Å². The summed E-state index contributed by atoms with van der Waals surface area (Å²) in [5, 5.41) is 2.66. The molecular weight excluding hydrogens is 462 g/mol. The van der Waals surface area contributed by atoms with Crippen molar-refractivity contribution in [3.05, 3.63) is 53.6 Å². The standard InChI is InChI=1S/C23H31N3O5S2/c1-17(2)26(3)33(30,31)21-12-9-20(10-13-21)25-23(27)14-15-24-32(28,29)22-11-8-18-6-4-5-7-19(18)16-22/h8-13,16-17,24H,4-7,14-15H2,1-3H3,(H,25,27). The smallest absolute Gasteiger partial charge is 0.243 e. The van der Waals surface area contributed by atoms with E-state index < -0.39 is 20.0 Å². The van der Waals surface area contributed by atoms with E-state index in [-0.39, 0.29) is 34.7 Å². The van der Waals surface area contributed by atoms with Crippen molar-refractivity contribution in [1.29, 1.82) is 0 Å². The summed E-state index contributed by atoms with van der Waals surface area (Å²) < 4.78 is 54.0. The van der Waals surface area contributed by atoms with E-state index in [1.807, 2.05) is 6.07 Å². The van der Waals surface area contributed by atoms with Gasteiger partial charge in [0.15, 0.2) is 0 Å². The lowest BCUT2D eigenvalue weighted by Crippen LogP contribution is -2.33. The number of rotatable bonds is 9. The zero-order chi connectivity index (χ0) is 24.2. The second kappa shape index (κ2) is 10.3. The van der Waals surface area contributed by atoms with Crippen molar-refractivity contribution in [3.63, 3.8) is 0 Å². The molecule has 0 aliphatic heterocycles. The van der Waals surface area contributed by atoms with Crippen LogP contribution in [-0.2, 0) is 37.7 Å². The van der Waals surface area contributed by atoms with Crippen molar-refractivity contribution in [1.82, 2.24) is 9.03 Å². The van der Waals surface area contributed by atoms with Gasteiger partial charge in [-0.3, -0.25) is 4.79 Å². The van der Waals surface area contributed by atoms with E-state index in [4.69, 9.17) is 0 Å². The third kappa shape index (κ3) is 6.20. The molecule has 33 heavy (non-hydrogen) atoms. The Balaban J connectivity index is 1.54. The van der Waals surface area contributed by atoms with Gasteiger partial charge < -0.3 is 5.32 Å². The van der Waals surface area contributed by atoms with Gasteiger partial charge in [0, 0.05) is 31.7 Å². The van der Waals surface area contributed by atoms with Crippen LogP contribution in [0.15, 0.2) is 52.3 Å². The summed E-state index contributed by atoms with van der Waals surface area (Å²) in [6.07, 6.45) is 3.99. The molecule has 2 aromatic rings. The maximum Gasteiger partial charge on any atom is 0.243 e. The fourth-order valence-electron chi connectivity index (χ4n) is 3.64. The van der Waals surface area contributed by atoms with E-state index in [1.54, 1.807) is 26.0 Å². The summed E-state index contributed by atoms with van der Waals surface area (Å²) in [6, 6.07) is 10.9. The number of hydrogen-bond donors (Lipinski definition) is 2. The van der Waals surface area contributed by atoms with Crippen molar-refractivity contribution in [2.24, 2.45) is 0 Å². The van der Waals surface area contributed by atoms with Crippen molar-refractivity contribution in [3.8, 4) is 0 Å². The summed E-state index contributed by atoms with van der Waals surface area (Å²) in [7, 11) is -5.79. The highest BCUT2D eigenvalue weighted by molar-refractivity contribution is 7.89. The van der Waals surface area contributed by atoms with E-state index in [9.17, 15) is 21.6 Å². The molecule has 10 heteroatoms. The first-order valence-corrected chi connectivity index (χ1v) is 13.9. The largest absolute Gasteiger partial charge is 0.326 e. The molecule has 0 fully saturated rings. The zero-order valence-corrected chi connectivity index (χ0v) is 20.8. The van der Waals surface area contributed by atoms with E-state index in [2.05, 4.69) is 10.0 Å². The number of nitrogens with zero attached hydrogens (tertiary/aromatic N) is 1. The summed E-state index contributed by atoms with van der Waals surface area (Å²) in [5.74, 6) is -0.377. The van der Waals surface area contributed by atoms with E-state index in [0.29, 0.717) is 5.69 Å². The van der Waals surface area contributed by atoms with Crippen LogP contribution in [0.5, 0.6) is 0 Å². The van der Waals surface area contributed by atoms with Crippen LogP contribution in [0.1, 0.15) is 44.2 Å². The molecule has 0 aromatic heterocycles. The summed E-state index contributed by atoms with van der Waals surface area (Å²) >= 11 is 0. The van der Waals surface area contributed by atoms with Crippen molar-refractivity contribution >= 4 is 31.6 Å². The van der Waals surface area contributed by atoms with E-state index in [1.165, 1.54) is 41.2 Å². The van der Waals surface area contributed by atoms with E-state index in [0.717, 1.165) is 31.2 Å². The molecule has 1 aliphatic carbocycles. The predicted molar refractivity (Wildman–Crippen MR) is 128 cm³/mol. The van der Waals surface area contributed by atoms with E-state index >= 15 is 0 Å². The average Bonchev–Trinajstić information content (AvgIpc) is 2.78. The molecule has 0 bridgehead atoms. The Kier molecular flexibility index (Phi) is 7.94. The third-order valence-corrected chi connectivity index (χ3v) is 9.32. The molecule has 0 atom stereocenters. The van der Waals surface area contributed by atoms with Gasteiger partial charge in [-0.15, -0.1) is 0 Å². The Morgan fingerprint density at radius 1 is 0.939 bits per heavy atom. The Morgan fingerprint density at radius 3 is 2.18 bits per heavy atom. The maximum atomic E-state index is 12.6. The number of carbonyl (C=O) groups excluding carboxylic acids is 1. The van der Waals surface area contributed by atoms with Crippen LogP contribution in [0.2, 0.25) is 0 Å². The fourth-order valence-corrected chi connectivity index (χ4v) is 6.09. The molecule has 0 radical (unpaired) electrons. The van der Waals surface area contributed by atoms with Gasteiger partial charge in [0.25, 0.3) is 0 Å². The van der Waals surface area contributed by atoms with Gasteiger partial charge >= 0.3 is 0 Å². The number of aryl methyl sites for hydroxylation is 2. The highest BCUT2D eigenvalue weighted by atomic mass is 32.2. The molecule has 8 nitrogen and oxygen atoms in total. The van der Waals surface area contributed by atoms with Crippen LogP contribution >= 0.6 is 0 Å². The molecule has 1 amide bonds. The highest BCUT2D eigenvalue weighted by Gasteiger charge is 2.23. The molecule has 2 N–H and O–H groups in total. The zero-order valence-electron chi connectivity index (χ0n) is 19.2. The molecule has 180 valence electrons. The normalized spacial score (nSPS) is 14.3. The molecular formula is C23H31N3O5S2. The van der Waals surface area contributed by atoms with Crippen LogP contribution in [-0.4, -0.2) is 46.7 Å². The number of sulfonamides is 2. The molecule has 0 unspecified atom stereocenters. The lowest BCUT2D eigenvalue weighted by atomic mass is 9.92. The topological polar surface area (TPSA) is 113 Å². The first-order chi connectivity index (χ1) is 15.5. The van der Waals surface area contributed by atoms with Crippen molar-refractivity contribution in [2.45, 2.75) is 61.8 Å². The van der Waals surface area contributed by atoms with Crippen molar-refractivity contribution in [2.75, 3.05) is 18.9 Å². The summed E-state index contributed by atoms with van der Waals surface area (Å²) in [5.41, 5.74) is 2.71. The SMILES string of the molecule is CC(C)N(C)S(=O)(=O)c1ccc(NC(=O)CCNS(=O)(=O)c2ccc3c(c2)CCCC3)cc1. The first-order valence-electron chi connectivity index (χ1n) is 11.0. The number of fused-ring (bicyclic) bond motifs is 1. The molecule has 0 saturated carbocycles. The summed E-state index contributed by atoms with van der Waals surface area (Å²) in [6.45, 7) is 3.52. The van der Waals surface area contributed by atoms with Gasteiger partial charge in [-0.2, -0.15) is 4.31 Å². The molecule has 0 saturated heterocycles. The molecule has 3 rings (SSSR count). The minimum absolute atomic E-state index is 0.0447. The van der Waals surface area contributed by atoms with Crippen molar-refractivity contribution < 1.29 is 21.6 Å². The highest BCUT2D eigenvalue weighted by Crippen LogP contribution is 2.24. The van der Waals surface area contributed by atoms with Crippen LogP contribution in [0.3, 0.4) is 0 Å². The first kappa shape index (κ1) is 25.4. The molecule has 2 aromatic carbocycles. The number of anilines is 1. The van der Waals surface area contributed by atoms with Crippen LogP contribution in [0, 0.1) is 0 Å². The summed E-state index contributed by atoms with van der Waals surface area (Å²) in [4.78, 5) is 12.6. The minimum atomic E-state index is -3.70. The van der Waals surface area contributed by atoms with Gasteiger partial charge in [-0.25, -0.2) is 21.6 Å². The second-order valence-corrected chi connectivity index (χ2v) is 12.2. The minimum Gasteiger partial charge on any atom is -0.326 e. The quantitative estimate of drug-likeness (QED) is 0.558. The Labute approximate surface area is 196 Å². The predicted octanol–water partition coefficient (Wildman–Crippen LogP) is 2.90. The third-order valence-electron chi connectivity index (χ3n) is 5.82.